The number of carbonyl (C=O) groups excluding carboxylic acids is 1. The van der Waals surface area contributed by atoms with Crippen molar-refractivity contribution in [3.63, 3.8) is 0 Å². The number of carbonyl (C=O) groups is 1. The number of hydrogen-bond acceptors (Lipinski definition) is 6. The normalized spacial score (nSPS) is 17.3. The van der Waals surface area contributed by atoms with Gasteiger partial charge in [0, 0.05) is 32.5 Å². The highest BCUT2D eigenvalue weighted by molar-refractivity contribution is 5.89. The van der Waals surface area contributed by atoms with Crippen molar-refractivity contribution >= 4 is 11.9 Å². The minimum Gasteiger partial charge on any atom is -0.445 e. The molecule has 8 heteroatoms. The number of nitrogens with two attached hydrogens (primary N) is 1. The average molecular weight is 351 g/mol. The van der Waals surface area contributed by atoms with Gasteiger partial charge in [0.25, 0.3) is 0 Å². The van der Waals surface area contributed by atoms with E-state index in [1.807, 2.05) is 30.3 Å². The lowest BCUT2D eigenvalue weighted by molar-refractivity contribution is -0.0406. The molecule has 1 aromatic carbocycles. The Morgan fingerprint density at radius 3 is 2.56 bits per heavy atom. The maximum Gasteiger partial charge on any atom is 0.410 e. The molecule has 8 nitrogen and oxygen atoms in total. The SMILES string of the molecule is NC(=NO)C1(OCCCO)CCN(C(=O)OCc2ccccc2)CC1. The van der Waals surface area contributed by atoms with Gasteiger partial charge in [-0.15, -0.1) is 0 Å². The molecule has 1 aliphatic heterocycles. The highest BCUT2D eigenvalue weighted by atomic mass is 16.6. The maximum absolute atomic E-state index is 12.2. The summed E-state index contributed by atoms with van der Waals surface area (Å²) in [6.45, 7) is 1.27. The van der Waals surface area contributed by atoms with Crippen molar-refractivity contribution in [2.75, 3.05) is 26.3 Å². The van der Waals surface area contributed by atoms with Crippen LogP contribution in [-0.4, -0.2) is 59.0 Å². The van der Waals surface area contributed by atoms with Crippen LogP contribution in [0.3, 0.4) is 0 Å². The highest BCUT2D eigenvalue weighted by Gasteiger charge is 2.41. The maximum atomic E-state index is 12.2. The summed E-state index contributed by atoms with van der Waals surface area (Å²) < 4.78 is 11.1. The van der Waals surface area contributed by atoms with E-state index < -0.39 is 11.7 Å². The molecule has 1 fully saturated rings. The lowest BCUT2D eigenvalue weighted by Crippen LogP contribution is -2.55. The van der Waals surface area contributed by atoms with Crippen LogP contribution >= 0.6 is 0 Å². The van der Waals surface area contributed by atoms with Gasteiger partial charge in [0.05, 0.1) is 6.61 Å². The monoisotopic (exact) mass is 351 g/mol. The number of hydrogen-bond donors (Lipinski definition) is 3. The van der Waals surface area contributed by atoms with Crippen molar-refractivity contribution in [2.45, 2.75) is 31.5 Å². The third-order valence-corrected chi connectivity index (χ3v) is 4.29. The fraction of sp³-hybridized carbons (Fsp3) is 0.529. The average Bonchev–Trinajstić information content (AvgIpc) is 2.67. The summed E-state index contributed by atoms with van der Waals surface area (Å²) in [6.07, 6.45) is 0.861. The van der Waals surface area contributed by atoms with E-state index in [1.165, 1.54) is 0 Å². The van der Waals surface area contributed by atoms with Crippen LogP contribution < -0.4 is 5.73 Å². The molecule has 0 unspecified atom stereocenters. The standard InChI is InChI=1S/C17H25N3O5/c18-15(19-23)17(25-12-4-11-21)7-9-20(10-8-17)16(22)24-13-14-5-2-1-3-6-14/h1-3,5-6,21,23H,4,7-13H2,(H2,18,19). The molecule has 0 radical (unpaired) electrons. The van der Waals surface area contributed by atoms with Gasteiger partial charge < -0.3 is 30.4 Å². The van der Waals surface area contributed by atoms with E-state index in [-0.39, 0.29) is 19.0 Å². The van der Waals surface area contributed by atoms with Crippen LogP contribution in [0.2, 0.25) is 0 Å². The largest absolute Gasteiger partial charge is 0.445 e. The molecule has 0 aromatic heterocycles. The summed E-state index contributed by atoms with van der Waals surface area (Å²) in [6, 6.07) is 9.46. The van der Waals surface area contributed by atoms with Crippen LogP contribution in [0, 0.1) is 0 Å². The first-order valence-corrected chi connectivity index (χ1v) is 8.30. The predicted molar refractivity (Wildman–Crippen MR) is 91.2 cm³/mol. The quantitative estimate of drug-likeness (QED) is 0.224. The summed E-state index contributed by atoms with van der Waals surface area (Å²) >= 11 is 0. The molecule has 4 N–H and O–H groups in total. The van der Waals surface area contributed by atoms with Crippen molar-refractivity contribution in [3.8, 4) is 0 Å². The number of oxime groups is 1. The fourth-order valence-corrected chi connectivity index (χ4v) is 2.76. The number of aliphatic hydroxyl groups is 1. The predicted octanol–water partition coefficient (Wildman–Crippen LogP) is 1.30. The van der Waals surface area contributed by atoms with Gasteiger partial charge in [-0.05, 0) is 12.0 Å². The number of amides is 1. The van der Waals surface area contributed by atoms with Gasteiger partial charge in [-0.25, -0.2) is 4.79 Å². The van der Waals surface area contributed by atoms with Crippen LogP contribution in [0.4, 0.5) is 4.79 Å². The molecular formula is C17H25N3O5. The van der Waals surface area contributed by atoms with Gasteiger partial charge in [-0.1, -0.05) is 35.5 Å². The molecule has 1 aliphatic rings. The van der Waals surface area contributed by atoms with Crippen LogP contribution in [0.5, 0.6) is 0 Å². The first kappa shape index (κ1) is 19.0. The molecule has 1 heterocycles. The Labute approximate surface area is 146 Å². The second kappa shape index (κ2) is 9.24. The van der Waals surface area contributed by atoms with Crippen molar-refractivity contribution in [2.24, 2.45) is 10.9 Å². The van der Waals surface area contributed by atoms with Crippen LogP contribution in [0.25, 0.3) is 0 Å². The number of piperidine rings is 1. The van der Waals surface area contributed by atoms with Gasteiger partial charge in [0.1, 0.15) is 12.2 Å². The molecule has 25 heavy (non-hydrogen) atoms. The van der Waals surface area contributed by atoms with Gasteiger partial charge in [0.2, 0.25) is 0 Å². The fourth-order valence-electron chi connectivity index (χ4n) is 2.76. The number of likely N-dealkylation sites (tertiary alicyclic amines) is 1. The Morgan fingerprint density at radius 2 is 1.96 bits per heavy atom. The molecule has 0 spiro atoms. The molecule has 0 aliphatic carbocycles. The number of aliphatic hydroxyl groups excluding tert-OH is 1. The van der Waals surface area contributed by atoms with Gasteiger partial charge in [0.15, 0.2) is 5.84 Å². The Kier molecular flexibility index (Phi) is 7.03. The second-order valence-electron chi connectivity index (χ2n) is 5.93. The molecule has 0 atom stereocenters. The Hall–Kier alpha value is -2.32. The van der Waals surface area contributed by atoms with Crippen molar-refractivity contribution in [1.82, 2.24) is 4.90 Å². The van der Waals surface area contributed by atoms with E-state index in [4.69, 9.17) is 25.5 Å². The molecule has 2 rings (SSSR count). The summed E-state index contributed by atoms with van der Waals surface area (Å²) in [5, 5.41) is 21.0. The van der Waals surface area contributed by atoms with E-state index in [0.717, 1.165) is 5.56 Å². The van der Waals surface area contributed by atoms with E-state index in [9.17, 15) is 4.79 Å². The zero-order chi connectivity index (χ0) is 18.1. The molecule has 1 saturated heterocycles. The number of ether oxygens (including phenoxy) is 2. The van der Waals surface area contributed by atoms with Gasteiger partial charge in [-0.2, -0.15) is 0 Å². The topological polar surface area (TPSA) is 118 Å². The van der Waals surface area contributed by atoms with Gasteiger partial charge in [-0.3, -0.25) is 0 Å². The first-order chi connectivity index (χ1) is 12.1. The minimum atomic E-state index is -0.917. The van der Waals surface area contributed by atoms with Gasteiger partial charge >= 0.3 is 6.09 Å². The number of benzene rings is 1. The molecule has 1 aromatic rings. The molecule has 138 valence electrons. The summed E-state index contributed by atoms with van der Waals surface area (Å²) in [7, 11) is 0. The Bertz CT molecular complexity index is 571. The number of rotatable bonds is 7. The third-order valence-electron chi connectivity index (χ3n) is 4.29. The lowest BCUT2D eigenvalue weighted by Gasteiger charge is -2.40. The Morgan fingerprint density at radius 1 is 1.28 bits per heavy atom. The summed E-state index contributed by atoms with van der Waals surface area (Å²) in [5.41, 5.74) is 5.80. The molecular weight excluding hydrogens is 326 g/mol. The zero-order valence-electron chi connectivity index (χ0n) is 14.1. The molecule has 1 amide bonds. The van der Waals surface area contributed by atoms with E-state index in [2.05, 4.69) is 5.16 Å². The van der Waals surface area contributed by atoms with E-state index >= 15 is 0 Å². The minimum absolute atomic E-state index is 0.00416. The lowest BCUT2D eigenvalue weighted by atomic mass is 9.90. The first-order valence-electron chi connectivity index (χ1n) is 8.30. The second-order valence-corrected chi connectivity index (χ2v) is 5.93. The highest BCUT2D eigenvalue weighted by Crippen LogP contribution is 2.27. The van der Waals surface area contributed by atoms with Crippen molar-refractivity contribution in [1.29, 1.82) is 0 Å². The van der Waals surface area contributed by atoms with E-state index in [1.54, 1.807) is 4.90 Å². The van der Waals surface area contributed by atoms with Crippen molar-refractivity contribution < 1.29 is 24.6 Å². The van der Waals surface area contributed by atoms with Crippen molar-refractivity contribution in [3.05, 3.63) is 35.9 Å². The summed E-state index contributed by atoms with van der Waals surface area (Å²) in [4.78, 5) is 13.8. The molecule has 0 bridgehead atoms. The van der Waals surface area contributed by atoms with Crippen LogP contribution in [-0.2, 0) is 16.1 Å². The van der Waals surface area contributed by atoms with E-state index in [0.29, 0.717) is 39.0 Å². The zero-order valence-corrected chi connectivity index (χ0v) is 14.1. The molecule has 0 saturated carbocycles. The summed E-state index contributed by atoms with van der Waals surface area (Å²) in [5.74, 6) is -0.0113. The number of amidine groups is 1. The smallest absolute Gasteiger partial charge is 0.410 e. The Balaban J connectivity index is 1.88. The van der Waals surface area contributed by atoms with Crippen LogP contribution in [0.15, 0.2) is 35.5 Å². The third kappa shape index (κ3) is 5.07. The number of nitrogens with zero attached hydrogens (tertiary/aromatic N) is 2. The van der Waals surface area contributed by atoms with Crippen LogP contribution in [0.1, 0.15) is 24.8 Å².